The first-order chi connectivity index (χ1) is 11.9. The molecular formula is C17H14INO5S. The third kappa shape index (κ3) is 4.35. The molecule has 0 aromatic heterocycles. The third-order valence-electron chi connectivity index (χ3n) is 3.32. The van der Waals surface area contributed by atoms with Crippen LogP contribution in [0, 0.1) is 15.9 Å². The van der Waals surface area contributed by atoms with Gasteiger partial charge in [0.1, 0.15) is 18.4 Å². The molecular weight excluding hydrogens is 457 g/mol. The minimum absolute atomic E-state index is 0.166. The van der Waals surface area contributed by atoms with Gasteiger partial charge in [-0.15, -0.1) is 6.42 Å². The van der Waals surface area contributed by atoms with Crippen molar-refractivity contribution in [3.63, 3.8) is 0 Å². The quantitative estimate of drug-likeness (QED) is 0.285. The first-order valence-corrected chi connectivity index (χ1v) is 8.99. The summed E-state index contributed by atoms with van der Waals surface area (Å²) in [4.78, 5) is 37.2. The molecule has 1 atom stereocenters. The number of rotatable bonds is 5. The fourth-order valence-electron chi connectivity index (χ4n) is 2.08. The standard InChI is InChI=1S/C17H14INO5S/c1-4-7-24-13-6-5-11(8-12(13)18)9-14-15(20)19(17(22)25-14)10(2)16(21)23-3/h1,5-6,8-10H,7H2,2-3H3/b14-9+/t10-/m0/s1. The Bertz CT molecular complexity index is 799. The number of thioether (sulfide) groups is 1. The monoisotopic (exact) mass is 471 g/mol. The summed E-state index contributed by atoms with van der Waals surface area (Å²) in [5, 5.41) is -0.502. The second-order valence-corrected chi connectivity index (χ2v) is 7.09. The van der Waals surface area contributed by atoms with Crippen LogP contribution in [0.2, 0.25) is 0 Å². The van der Waals surface area contributed by atoms with E-state index in [-0.39, 0.29) is 11.5 Å². The number of halogens is 1. The largest absolute Gasteiger partial charge is 0.480 e. The summed E-state index contributed by atoms with van der Waals surface area (Å²) >= 11 is 2.88. The lowest BCUT2D eigenvalue weighted by Gasteiger charge is -2.18. The van der Waals surface area contributed by atoms with E-state index >= 15 is 0 Å². The summed E-state index contributed by atoms with van der Waals surface area (Å²) in [7, 11) is 1.21. The summed E-state index contributed by atoms with van der Waals surface area (Å²) in [6.45, 7) is 1.62. The van der Waals surface area contributed by atoms with Gasteiger partial charge in [-0.2, -0.15) is 0 Å². The van der Waals surface area contributed by atoms with E-state index in [0.717, 1.165) is 25.8 Å². The molecule has 0 bridgehead atoms. The maximum atomic E-state index is 12.4. The van der Waals surface area contributed by atoms with Gasteiger partial charge in [-0.3, -0.25) is 14.5 Å². The molecule has 1 fully saturated rings. The predicted molar refractivity (Wildman–Crippen MR) is 103 cm³/mol. The normalized spacial score (nSPS) is 16.7. The Hall–Kier alpha value is -1.99. The molecule has 0 aliphatic carbocycles. The molecule has 8 heteroatoms. The highest BCUT2D eigenvalue weighted by atomic mass is 127. The minimum Gasteiger partial charge on any atom is -0.480 e. The Balaban J connectivity index is 2.23. The Morgan fingerprint density at radius 2 is 2.20 bits per heavy atom. The zero-order valence-corrected chi connectivity index (χ0v) is 16.4. The lowest BCUT2D eigenvalue weighted by atomic mass is 10.2. The van der Waals surface area contributed by atoms with Crippen molar-refractivity contribution < 1.29 is 23.9 Å². The second-order valence-electron chi connectivity index (χ2n) is 4.93. The van der Waals surface area contributed by atoms with Crippen molar-refractivity contribution in [3.05, 3.63) is 32.2 Å². The van der Waals surface area contributed by atoms with Gasteiger partial charge < -0.3 is 9.47 Å². The van der Waals surface area contributed by atoms with Gasteiger partial charge in [0, 0.05) is 0 Å². The van der Waals surface area contributed by atoms with E-state index in [1.54, 1.807) is 18.2 Å². The van der Waals surface area contributed by atoms with Crippen LogP contribution >= 0.6 is 34.4 Å². The van der Waals surface area contributed by atoms with Crippen molar-refractivity contribution in [2.45, 2.75) is 13.0 Å². The highest BCUT2D eigenvalue weighted by Gasteiger charge is 2.41. The maximum absolute atomic E-state index is 12.4. The predicted octanol–water partition coefficient (Wildman–Crippen LogP) is 2.90. The Morgan fingerprint density at radius 1 is 1.48 bits per heavy atom. The van der Waals surface area contributed by atoms with Crippen LogP contribution in [0.15, 0.2) is 23.1 Å². The molecule has 1 heterocycles. The van der Waals surface area contributed by atoms with Crippen molar-refractivity contribution in [3.8, 4) is 18.1 Å². The number of methoxy groups -OCH3 is 1. The SMILES string of the molecule is C#CCOc1ccc(/C=C2/SC(=O)N([C@@H](C)C(=O)OC)C2=O)cc1I. The van der Waals surface area contributed by atoms with Crippen LogP contribution in [0.3, 0.4) is 0 Å². The summed E-state index contributed by atoms with van der Waals surface area (Å²) < 4.78 is 10.8. The first kappa shape index (κ1) is 19.3. The smallest absolute Gasteiger partial charge is 0.328 e. The second kappa shape index (κ2) is 8.40. The molecule has 0 unspecified atom stereocenters. The van der Waals surface area contributed by atoms with Crippen molar-refractivity contribution in [1.82, 2.24) is 4.90 Å². The number of hydrogen-bond donors (Lipinski definition) is 0. The van der Waals surface area contributed by atoms with Crippen molar-refractivity contribution in [2.24, 2.45) is 0 Å². The number of benzene rings is 1. The lowest BCUT2D eigenvalue weighted by molar-refractivity contribution is -0.148. The van der Waals surface area contributed by atoms with E-state index in [9.17, 15) is 14.4 Å². The minimum atomic E-state index is -0.969. The van der Waals surface area contributed by atoms with Gasteiger partial charge in [-0.1, -0.05) is 12.0 Å². The van der Waals surface area contributed by atoms with E-state index in [1.165, 1.54) is 14.0 Å². The van der Waals surface area contributed by atoms with E-state index in [2.05, 4.69) is 33.2 Å². The average molecular weight is 471 g/mol. The van der Waals surface area contributed by atoms with Gasteiger partial charge in [0.15, 0.2) is 0 Å². The highest BCUT2D eigenvalue weighted by molar-refractivity contribution is 14.1. The van der Waals surface area contributed by atoms with Crippen LogP contribution in [0.4, 0.5) is 4.79 Å². The Labute approximate surface area is 163 Å². The van der Waals surface area contributed by atoms with Gasteiger partial charge >= 0.3 is 5.97 Å². The molecule has 2 rings (SSSR count). The van der Waals surface area contributed by atoms with Crippen LogP contribution in [-0.2, 0) is 14.3 Å². The van der Waals surface area contributed by atoms with Crippen LogP contribution in [0.1, 0.15) is 12.5 Å². The molecule has 0 spiro atoms. The van der Waals surface area contributed by atoms with E-state index in [0.29, 0.717) is 5.75 Å². The summed E-state index contributed by atoms with van der Waals surface area (Å²) in [5.41, 5.74) is 0.730. The first-order valence-electron chi connectivity index (χ1n) is 7.09. The molecule has 1 aromatic rings. The van der Waals surface area contributed by atoms with Crippen molar-refractivity contribution in [1.29, 1.82) is 0 Å². The van der Waals surface area contributed by atoms with Crippen LogP contribution in [-0.4, -0.2) is 41.8 Å². The Morgan fingerprint density at radius 3 is 2.80 bits per heavy atom. The average Bonchev–Trinajstić information content (AvgIpc) is 2.86. The molecule has 0 saturated carbocycles. The number of imide groups is 1. The number of amides is 2. The van der Waals surface area contributed by atoms with Gasteiger partial charge in [0.2, 0.25) is 0 Å². The maximum Gasteiger partial charge on any atom is 0.328 e. The molecule has 25 heavy (non-hydrogen) atoms. The van der Waals surface area contributed by atoms with Gasteiger partial charge in [0.05, 0.1) is 15.6 Å². The van der Waals surface area contributed by atoms with Crippen molar-refractivity contribution >= 4 is 57.5 Å². The molecule has 1 aliphatic heterocycles. The molecule has 0 radical (unpaired) electrons. The number of esters is 1. The summed E-state index contributed by atoms with van der Waals surface area (Å²) in [5.74, 6) is 1.87. The van der Waals surface area contributed by atoms with Gasteiger partial charge in [-0.25, -0.2) is 4.79 Å². The van der Waals surface area contributed by atoms with Crippen LogP contribution in [0.25, 0.3) is 6.08 Å². The number of terminal acetylenes is 1. The van der Waals surface area contributed by atoms with E-state index < -0.39 is 23.2 Å². The molecule has 1 aliphatic rings. The van der Waals surface area contributed by atoms with Gasteiger partial charge in [0.25, 0.3) is 11.1 Å². The van der Waals surface area contributed by atoms with Crippen LogP contribution < -0.4 is 4.74 Å². The van der Waals surface area contributed by atoms with Crippen molar-refractivity contribution in [2.75, 3.05) is 13.7 Å². The zero-order chi connectivity index (χ0) is 18.6. The lowest BCUT2D eigenvalue weighted by Crippen LogP contribution is -2.42. The van der Waals surface area contributed by atoms with E-state index in [4.69, 9.17) is 11.2 Å². The molecule has 6 nitrogen and oxygen atoms in total. The molecule has 2 amide bonds. The molecule has 0 N–H and O–H groups in total. The number of ether oxygens (including phenoxy) is 2. The van der Waals surface area contributed by atoms with E-state index in [1.807, 2.05) is 6.07 Å². The molecule has 1 aromatic carbocycles. The fourth-order valence-corrected chi connectivity index (χ4v) is 3.69. The third-order valence-corrected chi connectivity index (χ3v) is 5.04. The number of carbonyl (C=O) groups excluding carboxylic acids is 3. The summed E-state index contributed by atoms with van der Waals surface area (Å²) in [6, 6.07) is 4.34. The number of carbonyl (C=O) groups is 3. The fraction of sp³-hybridized carbons (Fsp3) is 0.235. The van der Waals surface area contributed by atoms with Gasteiger partial charge in [-0.05, 0) is 65.0 Å². The highest BCUT2D eigenvalue weighted by Crippen LogP contribution is 2.34. The zero-order valence-electron chi connectivity index (χ0n) is 13.4. The molecule has 130 valence electrons. The molecule has 1 saturated heterocycles. The Kier molecular flexibility index (Phi) is 6.50. The summed E-state index contributed by atoms with van der Waals surface area (Å²) in [6.07, 6.45) is 6.76. The number of hydrogen-bond acceptors (Lipinski definition) is 6. The number of nitrogens with zero attached hydrogens (tertiary/aromatic N) is 1. The van der Waals surface area contributed by atoms with Crippen LogP contribution in [0.5, 0.6) is 5.75 Å². The topological polar surface area (TPSA) is 72.9 Å².